The third kappa shape index (κ3) is 9.71. The minimum atomic E-state index is -5.76. The molecule has 4 rings (SSSR count). The van der Waals surface area contributed by atoms with E-state index in [1.54, 1.807) is 12.1 Å². The normalized spacial score (nSPS) is 18.2. The van der Waals surface area contributed by atoms with Gasteiger partial charge < -0.3 is 10.0 Å². The number of likely N-dealkylation sites (tertiary alicyclic amines) is 1. The van der Waals surface area contributed by atoms with Gasteiger partial charge >= 0.3 is 12.1 Å². The van der Waals surface area contributed by atoms with Crippen molar-refractivity contribution in [3.63, 3.8) is 0 Å². The van der Waals surface area contributed by atoms with Crippen LogP contribution in [-0.4, -0.2) is 61.2 Å². The largest absolute Gasteiger partial charge is 0.508 e. The van der Waals surface area contributed by atoms with Crippen LogP contribution < -0.4 is 0 Å². The first-order valence-corrected chi connectivity index (χ1v) is 17.9. The van der Waals surface area contributed by atoms with Crippen molar-refractivity contribution in [3.05, 3.63) is 64.7 Å². The van der Waals surface area contributed by atoms with Gasteiger partial charge in [-0.25, -0.2) is 17.2 Å². The third-order valence-electron chi connectivity index (χ3n) is 9.16. The summed E-state index contributed by atoms with van der Waals surface area (Å²) in [7, 11) is -4.02. The molecule has 0 radical (unpaired) electrons. The van der Waals surface area contributed by atoms with Crippen LogP contribution in [-0.2, 0) is 16.3 Å². The average molecular weight is 678 g/mol. The third-order valence-corrected chi connectivity index (χ3v) is 10.9. The Bertz CT molecular complexity index is 1470. The minimum absolute atomic E-state index is 0.157. The molecule has 2 aromatic rings. The molecule has 1 aliphatic carbocycles. The highest BCUT2D eigenvalue weighted by Crippen LogP contribution is 2.41. The monoisotopic (exact) mass is 677 g/mol. The standard InChI is InChI=1S/C34H42F7NO3S/c35-25-13-15-31(32(36)23-25)30-12-5-8-24-22-27(43)14-16-28(24)29(30)11-3-1-2-4-18-42-19-6-9-26(42)10-7-20-46(44,45)21-17-33(37,38)34(39,40)41/h13-16,22-23,26,43H,1-12,17-21H2/t26-/m1/s1. The lowest BCUT2D eigenvalue weighted by Crippen LogP contribution is -2.38. The Morgan fingerprint density at radius 1 is 0.848 bits per heavy atom. The van der Waals surface area contributed by atoms with Crippen LogP contribution in [0.4, 0.5) is 30.7 Å². The molecule has 1 aliphatic heterocycles. The van der Waals surface area contributed by atoms with Gasteiger partial charge in [-0.3, -0.25) is 0 Å². The van der Waals surface area contributed by atoms with Gasteiger partial charge in [0.1, 0.15) is 17.4 Å². The Kier molecular flexibility index (Phi) is 12.2. The van der Waals surface area contributed by atoms with E-state index in [1.807, 2.05) is 6.07 Å². The van der Waals surface area contributed by atoms with Crippen molar-refractivity contribution in [3.8, 4) is 5.75 Å². The molecule has 0 amide bonds. The van der Waals surface area contributed by atoms with Crippen LogP contribution in [0, 0.1) is 11.6 Å². The number of aromatic hydroxyl groups is 1. The number of halogens is 7. The Morgan fingerprint density at radius 3 is 2.33 bits per heavy atom. The fourth-order valence-corrected chi connectivity index (χ4v) is 8.10. The number of alkyl halides is 5. The topological polar surface area (TPSA) is 57.6 Å². The van der Waals surface area contributed by atoms with Crippen LogP contribution in [0.3, 0.4) is 0 Å². The summed E-state index contributed by atoms with van der Waals surface area (Å²) in [5, 5.41) is 10.1. The minimum Gasteiger partial charge on any atom is -0.508 e. The van der Waals surface area contributed by atoms with Crippen LogP contribution in [0.15, 0.2) is 36.4 Å². The van der Waals surface area contributed by atoms with Gasteiger partial charge in [0, 0.05) is 24.1 Å². The van der Waals surface area contributed by atoms with Gasteiger partial charge in [0.15, 0.2) is 9.84 Å². The van der Waals surface area contributed by atoms with Crippen LogP contribution in [0.2, 0.25) is 0 Å². The van der Waals surface area contributed by atoms with Gasteiger partial charge in [-0.15, -0.1) is 0 Å². The zero-order chi connectivity index (χ0) is 33.5. The predicted octanol–water partition coefficient (Wildman–Crippen LogP) is 9.12. The van der Waals surface area contributed by atoms with Crippen LogP contribution >= 0.6 is 0 Å². The number of unbranched alkanes of at least 4 members (excludes halogenated alkanes) is 3. The Labute approximate surface area is 266 Å². The summed E-state index contributed by atoms with van der Waals surface area (Å²) in [5.41, 5.74) is 4.31. The maximum absolute atomic E-state index is 14.9. The summed E-state index contributed by atoms with van der Waals surface area (Å²) < 4.78 is 116. The number of phenolic OH excluding ortho intramolecular Hbond substituents is 1. The number of sulfone groups is 1. The highest BCUT2D eigenvalue weighted by atomic mass is 32.2. The maximum Gasteiger partial charge on any atom is 0.453 e. The first-order chi connectivity index (χ1) is 21.7. The Balaban J connectivity index is 1.26. The number of hydrogen-bond donors (Lipinski definition) is 1. The quantitative estimate of drug-likeness (QED) is 0.151. The lowest BCUT2D eigenvalue weighted by atomic mass is 9.88. The molecular formula is C34H42F7NO3S. The van der Waals surface area contributed by atoms with Gasteiger partial charge in [0.05, 0.1) is 11.5 Å². The van der Waals surface area contributed by atoms with Crippen LogP contribution in [0.25, 0.3) is 11.1 Å². The van der Waals surface area contributed by atoms with E-state index in [-0.39, 0.29) is 18.2 Å². The lowest BCUT2D eigenvalue weighted by Gasteiger charge is -2.24. The zero-order valence-electron chi connectivity index (χ0n) is 25.8. The fourth-order valence-electron chi connectivity index (χ4n) is 6.72. The molecule has 0 aromatic heterocycles. The zero-order valence-corrected chi connectivity index (χ0v) is 26.6. The number of fused-ring (bicyclic) bond motifs is 1. The second-order valence-electron chi connectivity index (χ2n) is 12.5. The molecule has 1 N–H and O–H groups in total. The van der Waals surface area contributed by atoms with Gasteiger partial charge in [0.25, 0.3) is 0 Å². The SMILES string of the molecule is O=S(=O)(CCC[C@H]1CCCN1CCCCCCC1=C(c2ccc(F)cc2F)CCCc2cc(O)ccc21)CCC(F)(F)C(F)(F)F. The molecule has 1 saturated heterocycles. The summed E-state index contributed by atoms with van der Waals surface area (Å²) in [4.78, 5) is 2.30. The summed E-state index contributed by atoms with van der Waals surface area (Å²) in [6.07, 6.45) is 1.61. The van der Waals surface area contributed by atoms with Crippen molar-refractivity contribution in [1.29, 1.82) is 0 Å². The molecule has 1 atom stereocenters. The smallest absolute Gasteiger partial charge is 0.453 e. The van der Waals surface area contributed by atoms with Gasteiger partial charge in [-0.1, -0.05) is 18.9 Å². The molecule has 2 aliphatic rings. The summed E-state index contributed by atoms with van der Waals surface area (Å²) in [6.45, 7) is 1.70. The maximum atomic E-state index is 14.9. The highest BCUT2D eigenvalue weighted by molar-refractivity contribution is 7.91. The lowest BCUT2D eigenvalue weighted by molar-refractivity contribution is -0.282. The molecule has 46 heavy (non-hydrogen) atoms. The molecule has 0 spiro atoms. The molecular weight excluding hydrogens is 635 g/mol. The summed E-state index contributed by atoms with van der Waals surface area (Å²) in [5.74, 6) is -7.66. The Morgan fingerprint density at radius 2 is 1.59 bits per heavy atom. The van der Waals surface area contributed by atoms with Crippen molar-refractivity contribution in [2.75, 3.05) is 24.6 Å². The molecule has 1 fully saturated rings. The van der Waals surface area contributed by atoms with E-state index in [0.717, 1.165) is 92.8 Å². The van der Waals surface area contributed by atoms with Crippen LogP contribution in [0.1, 0.15) is 93.7 Å². The number of allylic oxidation sites excluding steroid dienone is 2. The molecule has 0 saturated carbocycles. The van der Waals surface area contributed by atoms with E-state index in [1.165, 1.54) is 12.1 Å². The molecule has 0 unspecified atom stereocenters. The molecule has 1 heterocycles. The van der Waals surface area contributed by atoms with E-state index in [0.29, 0.717) is 24.8 Å². The van der Waals surface area contributed by atoms with Gasteiger partial charge in [-0.05, 0) is 124 Å². The molecule has 2 aromatic carbocycles. The van der Waals surface area contributed by atoms with Crippen molar-refractivity contribution in [2.24, 2.45) is 0 Å². The van der Waals surface area contributed by atoms with E-state index in [2.05, 4.69) is 4.90 Å². The van der Waals surface area contributed by atoms with E-state index in [9.17, 15) is 44.3 Å². The summed E-state index contributed by atoms with van der Waals surface area (Å²) in [6, 6.07) is 9.11. The van der Waals surface area contributed by atoms with Crippen molar-refractivity contribution < 1.29 is 44.3 Å². The Hall–Kier alpha value is -2.60. The average Bonchev–Trinajstić information content (AvgIpc) is 3.34. The number of hydrogen-bond acceptors (Lipinski definition) is 4. The summed E-state index contributed by atoms with van der Waals surface area (Å²) >= 11 is 0. The van der Waals surface area contributed by atoms with Crippen LogP contribution in [0.5, 0.6) is 5.75 Å². The molecule has 12 heteroatoms. The van der Waals surface area contributed by atoms with Gasteiger partial charge in [-0.2, -0.15) is 22.0 Å². The number of nitrogens with zero attached hydrogens (tertiary/aromatic N) is 1. The highest BCUT2D eigenvalue weighted by Gasteiger charge is 2.57. The van der Waals surface area contributed by atoms with Crippen molar-refractivity contribution in [2.45, 2.75) is 102 Å². The van der Waals surface area contributed by atoms with Gasteiger partial charge in [0.2, 0.25) is 0 Å². The van der Waals surface area contributed by atoms with Crippen molar-refractivity contribution >= 4 is 21.0 Å². The molecule has 0 bridgehead atoms. The van der Waals surface area contributed by atoms with E-state index in [4.69, 9.17) is 0 Å². The first kappa shape index (κ1) is 36.2. The fraction of sp³-hybridized carbons (Fsp3) is 0.588. The number of aryl methyl sites for hydroxylation is 1. The predicted molar refractivity (Wildman–Crippen MR) is 165 cm³/mol. The molecule has 4 nitrogen and oxygen atoms in total. The molecule has 256 valence electrons. The van der Waals surface area contributed by atoms with E-state index >= 15 is 0 Å². The number of phenols is 1. The second kappa shape index (κ2) is 15.5. The van der Waals surface area contributed by atoms with E-state index < -0.39 is 51.5 Å². The number of benzene rings is 2. The number of rotatable bonds is 15. The first-order valence-electron chi connectivity index (χ1n) is 16.1. The second-order valence-corrected chi connectivity index (χ2v) is 14.8. The van der Waals surface area contributed by atoms with Crippen molar-refractivity contribution in [1.82, 2.24) is 4.90 Å².